The van der Waals surface area contributed by atoms with Crippen molar-refractivity contribution in [3.8, 4) is 11.1 Å². The van der Waals surface area contributed by atoms with E-state index in [-0.39, 0.29) is 23.4 Å². The number of carbonyl (C=O) groups is 2. The van der Waals surface area contributed by atoms with Crippen LogP contribution in [0.15, 0.2) is 60.4 Å². The monoisotopic (exact) mass is 612 g/mol. The molecule has 1 saturated carbocycles. The van der Waals surface area contributed by atoms with Crippen molar-refractivity contribution in [1.82, 2.24) is 29.5 Å². The molecule has 228 valence electrons. The summed E-state index contributed by atoms with van der Waals surface area (Å²) in [6, 6.07) is 13.4. The van der Waals surface area contributed by atoms with Crippen molar-refractivity contribution >= 4 is 40.1 Å². The number of anilines is 1. The highest BCUT2D eigenvalue weighted by Gasteiger charge is 2.33. The van der Waals surface area contributed by atoms with E-state index in [9.17, 15) is 20.0 Å². The highest BCUT2D eigenvalue weighted by atomic mass is 32.1. The highest BCUT2D eigenvalue weighted by molar-refractivity contribution is 7.16. The number of thiophene rings is 1. The number of aliphatic hydroxyl groups is 1. The summed E-state index contributed by atoms with van der Waals surface area (Å²) < 4.78 is 3.68. The van der Waals surface area contributed by atoms with Crippen molar-refractivity contribution in [2.24, 2.45) is 5.92 Å². The SMILES string of the molecule is CC(C)(O)CNCc1ccc2c(c1)nc(NC(=O)c1ccc(-n3cccn3)s1)n2C[C@H]1CCCN1C(=O)C(C#N)=CC1CC1. The number of benzene rings is 1. The summed E-state index contributed by atoms with van der Waals surface area (Å²) in [5, 5.41) is 31.1. The van der Waals surface area contributed by atoms with Gasteiger partial charge < -0.3 is 19.9 Å². The zero-order chi connectivity index (χ0) is 30.8. The van der Waals surface area contributed by atoms with Gasteiger partial charge in [-0.25, -0.2) is 9.67 Å². The van der Waals surface area contributed by atoms with Crippen LogP contribution in [0.3, 0.4) is 0 Å². The molecule has 4 heterocycles. The maximum Gasteiger partial charge on any atom is 0.268 e. The first-order chi connectivity index (χ1) is 21.2. The third-order valence-corrected chi connectivity index (χ3v) is 8.95. The number of hydrogen-bond acceptors (Lipinski definition) is 8. The Morgan fingerprint density at radius 2 is 2.07 bits per heavy atom. The first-order valence-corrected chi connectivity index (χ1v) is 15.8. The van der Waals surface area contributed by atoms with Crippen LogP contribution in [-0.4, -0.2) is 65.9 Å². The second-order valence-corrected chi connectivity index (χ2v) is 13.2. The van der Waals surface area contributed by atoms with Crippen molar-refractivity contribution in [1.29, 1.82) is 5.26 Å². The maximum atomic E-state index is 13.4. The van der Waals surface area contributed by atoms with Crippen LogP contribution in [-0.2, 0) is 17.9 Å². The summed E-state index contributed by atoms with van der Waals surface area (Å²) in [6.07, 6.45) is 9.01. The molecule has 3 aromatic heterocycles. The number of nitriles is 1. The fourth-order valence-electron chi connectivity index (χ4n) is 5.53. The normalized spacial score (nSPS) is 17.3. The average molecular weight is 613 g/mol. The Balaban J connectivity index is 1.28. The second kappa shape index (κ2) is 12.4. The topological polar surface area (TPSA) is 141 Å². The minimum absolute atomic E-state index is 0.146. The van der Waals surface area contributed by atoms with Gasteiger partial charge in [0, 0.05) is 38.6 Å². The largest absolute Gasteiger partial charge is 0.389 e. The van der Waals surface area contributed by atoms with Gasteiger partial charge in [-0.05, 0) is 81.3 Å². The summed E-state index contributed by atoms with van der Waals surface area (Å²) in [7, 11) is 0. The number of imidazole rings is 1. The predicted octanol–water partition coefficient (Wildman–Crippen LogP) is 4.25. The molecular formula is C32H36N8O3S. The smallest absolute Gasteiger partial charge is 0.268 e. The molecule has 2 fully saturated rings. The number of rotatable bonds is 11. The lowest BCUT2D eigenvalue weighted by Gasteiger charge is -2.26. The molecule has 12 heteroatoms. The van der Waals surface area contributed by atoms with Gasteiger partial charge in [-0.2, -0.15) is 10.4 Å². The first-order valence-electron chi connectivity index (χ1n) is 14.9. The standard InChI is InChI=1S/C32H36N8O3S/c1-32(2,43)20-34-18-22-8-9-26-25(16-22)36-31(37-29(41)27-10-11-28(44-27)40-14-4-12-35-40)39(26)19-24-5-3-13-38(24)30(42)23(17-33)15-21-6-7-21/h4,8-12,14-16,21,24,34,43H,3,5-7,13,18-20H2,1-2H3,(H,36,37,41)/t24-/m1/s1. The molecule has 1 atom stereocenters. The lowest BCUT2D eigenvalue weighted by atomic mass is 10.1. The van der Waals surface area contributed by atoms with Crippen LogP contribution in [0.2, 0.25) is 0 Å². The molecular weight excluding hydrogens is 576 g/mol. The van der Waals surface area contributed by atoms with E-state index in [0.717, 1.165) is 41.8 Å². The van der Waals surface area contributed by atoms with Crippen LogP contribution in [0.4, 0.5) is 5.95 Å². The molecule has 1 aromatic carbocycles. The molecule has 0 radical (unpaired) electrons. The summed E-state index contributed by atoms with van der Waals surface area (Å²) >= 11 is 1.33. The van der Waals surface area contributed by atoms with Gasteiger partial charge in [-0.15, -0.1) is 11.3 Å². The molecule has 2 aliphatic rings. The Morgan fingerprint density at radius 1 is 1.23 bits per heavy atom. The summed E-state index contributed by atoms with van der Waals surface area (Å²) in [5.41, 5.74) is 1.94. The van der Waals surface area contributed by atoms with Crippen molar-refractivity contribution in [3.05, 3.63) is 70.9 Å². The summed E-state index contributed by atoms with van der Waals surface area (Å²) in [6.45, 7) is 5.51. The fourth-order valence-corrected chi connectivity index (χ4v) is 6.37. The van der Waals surface area contributed by atoms with E-state index < -0.39 is 5.60 Å². The van der Waals surface area contributed by atoms with E-state index in [1.54, 1.807) is 35.7 Å². The number of nitrogens with zero attached hydrogens (tertiary/aromatic N) is 6. The van der Waals surface area contributed by atoms with E-state index in [0.29, 0.717) is 48.4 Å². The highest BCUT2D eigenvalue weighted by Crippen LogP contribution is 2.33. The molecule has 0 unspecified atom stereocenters. The van der Waals surface area contributed by atoms with E-state index in [1.165, 1.54) is 11.3 Å². The quantitative estimate of drug-likeness (QED) is 0.170. The van der Waals surface area contributed by atoms with Gasteiger partial charge in [0.05, 0.1) is 27.6 Å². The molecule has 3 N–H and O–H groups in total. The number of carbonyl (C=O) groups excluding carboxylic acids is 2. The van der Waals surface area contributed by atoms with Crippen LogP contribution < -0.4 is 10.6 Å². The van der Waals surface area contributed by atoms with E-state index in [4.69, 9.17) is 4.98 Å². The minimum atomic E-state index is -0.827. The van der Waals surface area contributed by atoms with Crippen LogP contribution in [0.1, 0.15) is 54.8 Å². The van der Waals surface area contributed by atoms with Crippen molar-refractivity contribution < 1.29 is 14.7 Å². The molecule has 11 nitrogen and oxygen atoms in total. The number of aromatic nitrogens is 4. The van der Waals surface area contributed by atoms with Crippen molar-refractivity contribution in [3.63, 3.8) is 0 Å². The fraction of sp³-hybridized carbons (Fsp3) is 0.406. The zero-order valence-electron chi connectivity index (χ0n) is 24.9. The van der Waals surface area contributed by atoms with Gasteiger partial charge in [0.1, 0.15) is 16.6 Å². The van der Waals surface area contributed by atoms with Crippen LogP contribution in [0.25, 0.3) is 16.0 Å². The minimum Gasteiger partial charge on any atom is -0.389 e. The number of nitrogens with one attached hydrogen (secondary N) is 2. The van der Waals surface area contributed by atoms with Crippen molar-refractivity contribution in [2.75, 3.05) is 18.4 Å². The first kappa shape index (κ1) is 29.7. The molecule has 1 aliphatic carbocycles. The Bertz CT molecular complexity index is 1740. The Kier molecular flexibility index (Phi) is 8.35. The third-order valence-electron chi connectivity index (χ3n) is 7.88. The van der Waals surface area contributed by atoms with Gasteiger partial charge in [0.25, 0.3) is 11.8 Å². The van der Waals surface area contributed by atoms with Gasteiger partial charge in [-0.1, -0.05) is 12.1 Å². The van der Waals surface area contributed by atoms with Gasteiger partial charge in [-0.3, -0.25) is 14.9 Å². The predicted molar refractivity (Wildman–Crippen MR) is 168 cm³/mol. The summed E-state index contributed by atoms with van der Waals surface area (Å²) in [4.78, 5) is 34.0. The number of fused-ring (bicyclic) bond motifs is 1. The molecule has 6 rings (SSSR count). The van der Waals surface area contributed by atoms with E-state index in [2.05, 4.69) is 21.8 Å². The molecule has 0 bridgehead atoms. The van der Waals surface area contributed by atoms with E-state index in [1.807, 2.05) is 47.2 Å². The van der Waals surface area contributed by atoms with Crippen LogP contribution >= 0.6 is 11.3 Å². The maximum absolute atomic E-state index is 13.4. The van der Waals surface area contributed by atoms with Gasteiger partial charge >= 0.3 is 0 Å². The van der Waals surface area contributed by atoms with Crippen molar-refractivity contribution in [2.45, 2.75) is 64.3 Å². The molecule has 2 amide bonds. The Morgan fingerprint density at radius 3 is 2.80 bits per heavy atom. The molecule has 0 spiro atoms. The second-order valence-electron chi connectivity index (χ2n) is 12.2. The van der Waals surface area contributed by atoms with Crippen LogP contribution in [0, 0.1) is 17.2 Å². The lowest BCUT2D eigenvalue weighted by molar-refractivity contribution is -0.127. The third kappa shape index (κ3) is 6.75. The number of allylic oxidation sites excluding steroid dienone is 1. The lowest BCUT2D eigenvalue weighted by Crippen LogP contribution is -2.39. The number of likely N-dealkylation sites (tertiary alicyclic amines) is 1. The Hall–Kier alpha value is -4.31. The van der Waals surface area contributed by atoms with Gasteiger partial charge in [0.15, 0.2) is 0 Å². The molecule has 44 heavy (non-hydrogen) atoms. The Labute approximate surface area is 259 Å². The zero-order valence-corrected chi connectivity index (χ0v) is 25.7. The molecule has 1 saturated heterocycles. The number of hydrogen-bond donors (Lipinski definition) is 3. The van der Waals surface area contributed by atoms with Crippen LogP contribution in [0.5, 0.6) is 0 Å². The number of amides is 2. The van der Waals surface area contributed by atoms with Gasteiger partial charge in [0.2, 0.25) is 5.95 Å². The molecule has 4 aromatic rings. The average Bonchev–Trinajstić information content (AvgIpc) is 3.44. The molecule has 1 aliphatic heterocycles. The summed E-state index contributed by atoms with van der Waals surface area (Å²) in [5.74, 6) is 0.221. The van der Waals surface area contributed by atoms with E-state index >= 15 is 0 Å².